The Morgan fingerprint density at radius 2 is 1.79 bits per heavy atom. The molecule has 0 aliphatic heterocycles. The molecule has 2 fully saturated rings. The van der Waals surface area contributed by atoms with E-state index in [4.69, 9.17) is 0 Å². The minimum atomic E-state index is -0.547. The molecule has 3 rings (SSSR count). The molecule has 0 unspecified atom stereocenters. The lowest BCUT2D eigenvalue weighted by Crippen LogP contribution is -2.44. The number of rotatable bonds is 8. The molecular weight excluding hydrogens is 360 g/mol. The topological polar surface area (TPSA) is 20.2 Å². The Kier molecular flexibility index (Phi) is 6.92. The molecule has 158 valence electrons. The Morgan fingerprint density at radius 1 is 1.07 bits per heavy atom. The van der Waals surface area contributed by atoms with Crippen LogP contribution in [0.15, 0.2) is 35.2 Å². The summed E-state index contributed by atoms with van der Waals surface area (Å²) < 4.78 is 0. The van der Waals surface area contributed by atoms with Crippen molar-refractivity contribution < 1.29 is 5.11 Å². The molecule has 2 saturated carbocycles. The summed E-state index contributed by atoms with van der Waals surface area (Å²) in [6.07, 6.45) is 10.4. The molecule has 0 spiro atoms. The number of aliphatic hydroxyl groups is 1. The third-order valence-electron chi connectivity index (χ3n) is 8.16. The molecule has 0 bridgehead atoms. The van der Waals surface area contributed by atoms with Gasteiger partial charge in [-0.15, -0.1) is 11.8 Å². The fourth-order valence-corrected chi connectivity index (χ4v) is 7.94. The van der Waals surface area contributed by atoms with Gasteiger partial charge in [-0.3, -0.25) is 0 Å². The van der Waals surface area contributed by atoms with Gasteiger partial charge in [0.15, 0.2) is 0 Å². The normalized spacial score (nSPS) is 32.7. The Morgan fingerprint density at radius 3 is 2.46 bits per heavy atom. The lowest BCUT2D eigenvalue weighted by Gasteiger charge is -2.50. The molecule has 0 amide bonds. The highest BCUT2D eigenvalue weighted by Crippen LogP contribution is 2.63. The summed E-state index contributed by atoms with van der Waals surface area (Å²) in [6.45, 7) is 11.6. The fraction of sp³-hybridized carbons (Fsp3) is 0.769. The fourth-order valence-electron chi connectivity index (χ4n) is 6.75. The molecule has 28 heavy (non-hydrogen) atoms. The quantitative estimate of drug-likeness (QED) is 0.452. The maximum Gasteiger partial charge on any atom is 0.0591 e. The zero-order valence-electron chi connectivity index (χ0n) is 18.8. The highest BCUT2D eigenvalue weighted by atomic mass is 32.2. The van der Waals surface area contributed by atoms with E-state index in [2.05, 4.69) is 51.1 Å². The summed E-state index contributed by atoms with van der Waals surface area (Å²) in [5, 5.41) is 10.3. The van der Waals surface area contributed by atoms with Gasteiger partial charge in [0, 0.05) is 10.6 Å². The summed E-state index contributed by atoms with van der Waals surface area (Å²) in [7, 11) is 0. The minimum absolute atomic E-state index is 0.340. The number of fused-ring (bicyclic) bond motifs is 1. The number of hydrogen-bond acceptors (Lipinski definition) is 2. The zero-order valence-corrected chi connectivity index (χ0v) is 19.7. The van der Waals surface area contributed by atoms with Crippen LogP contribution in [0.4, 0.5) is 0 Å². The van der Waals surface area contributed by atoms with E-state index in [1.807, 2.05) is 25.6 Å². The Labute approximate surface area is 178 Å². The van der Waals surface area contributed by atoms with Crippen LogP contribution < -0.4 is 0 Å². The Hall–Kier alpha value is -0.470. The standard InChI is InChI=1S/C26H42OS/c1-20-11-9-18-26(5)22(20)14-15-23(26)25(4,17-10-16-24(2,3)27)19-28-21-12-7-6-8-13-21/h6-8,12-13,20,22-23,27H,9-11,14-19H2,1-5H3/t20-,22-,23+,25-,26-/m0/s1. The maximum absolute atomic E-state index is 10.3. The molecule has 1 nitrogen and oxygen atoms in total. The van der Waals surface area contributed by atoms with Crippen LogP contribution in [0.3, 0.4) is 0 Å². The molecule has 0 heterocycles. The highest BCUT2D eigenvalue weighted by molar-refractivity contribution is 7.99. The van der Waals surface area contributed by atoms with Crippen LogP contribution in [-0.4, -0.2) is 16.5 Å². The molecule has 2 aliphatic rings. The smallest absolute Gasteiger partial charge is 0.0591 e. The molecule has 0 radical (unpaired) electrons. The second-order valence-electron chi connectivity index (χ2n) is 11.0. The van der Waals surface area contributed by atoms with E-state index in [1.54, 1.807) is 0 Å². The molecular formula is C26H42OS. The molecule has 1 N–H and O–H groups in total. The van der Waals surface area contributed by atoms with Gasteiger partial charge in [-0.05, 0) is 86.7 Å². The minimum Gasteiger partial charge on any atom is -0.390 e. The van der Waals surface area contributed by atoms with Gasteiger partial charge in [-0.1, -0.05) is 58.2 Å². The summed E-state index contributed by atoms with van der Waals surface area (Å²) in [5.41, 5.74) is 0.305. The monoisotopic (exact) mass is 402 g/mol. The lowest BCUT2D eigenvalue weighted by molar-refractivity contribution is -0.00199. The lowest BCUT2D eigenvalue weighted by atomic mass is 9.56. The van der Waals surface area contributed by atoms with Crippen LogP contribution in [0, 0.1) is 28.6 Å². The van der Waals surface area contributed by atoms with Crippen molar-refractivity contribution in [2.75, 3.05) is 5.75 Å². The molecule has 2 aliphatic carbocycles. The molecule has 1 aromatic rings. The number of thioether (sulfide) groups is 1. The van der Waals surface area contributed by atoms with Gasteiger partial charge in [0.2, 0.25) is 0 Å². The van der Waals surface area contributed by atoms with E-state index in [9.17, 15) is 5.11 Å². The van der Waals surface area contributed by atoms with Gasteiger partial charge in [-0.25, -0.2) is 0 Å². The maximum atomic E-state index is 10.3. The molecule has 1 aromatic carbocycles. The van der Waals surface area contributed by atoms with Gasteiger partial charge in [0.05, 0.1) is 5.60 Å². The SMILES string of the molecule is C[C@H]1CCC[C@]2(C)[C@@H]([C@@](C)(CCCC(C)(C)O)CSc3ccccc3)CC[C@@H]12. The third-order valence-corrected chi connectivity index (χ3v) is 9.57. The summed E-state index contributed by atoms with van der Waals surface area (Å²) >= 11 is 2.05. The van der Waals surface area contributed by atoms with Gasteiger partial charge in [-0.2, -0.15) is 0 Å². The molecule has 0 aromatic heterocycles. The van der Waals surface area contributed by atoms with Gasteiger partial charge in [0.1, 0.15) is 0 Å². The predicted octanol–water partition coefficient (Wildman–Crippen LogP) is 7.58. The summed E-state index contributed by atoms with van der Waals surface area (Å²) in [5.74, 6) is 3.82. The zero-order chi connectivity index (χ0) is 20.4. The van der Waals surface area contributed by atoms with Gasteiger partial charge in [0.25, 0.3) is 0 Å². The highest BCUT2D eigenvalue weighted by Gasteiger charge is 2.55. The van der Waals surface area contributed by atoms with Crippen LogP contribution in [0.5, 0.6) is 0 Å². The van der Waals surface area contributed by atoms with E-state index in [0.717, 1.165) is 30.6 Å². The average Bonchev–Trinajstić information content (AvgIpc) is 2.99. The first kappa shape index (κ1) is 22.2. The van der Waals surface area contributed by atoms with Gasteiger partial charge >= 0.3 is 0 Å². The number of benzene rings is 1. The Balaban J connectivity index is 1.78. The average molecular weight is 403 g/mol. The van der Waals surface area contributed by atoms with Crippen LogP contribution in [0.1, 0.15) is 86.0 Å². The van der Waals surface area contributed by atoms with Crippen molar-refractivity contribution in [2.24, 2.45) is 28.6 Å². The molecule has 5 atom stereocenters. The molecule has 2 heteroatoms. The van der Waals surface area contributed by atoms with E-state index in [-0.39, 0.29) is 0 Å². The number of hydrogen-bond donors (Lipinski definition) is 1. The van der Waals surface area contributed by atoms with Crippen molar-refractivity contribution in [2.45, 2.75) is 96.5 Å². The van der Waals surface area contributed by atoms with Crippen LogP contribution in [0.25, 0.3) is 0 Å². The van der Waals surface area contributed by atoms with E-state index in [1.165, 1.54) is 49.2 Å². The van der Waals surface area contributed by atoms with Crippen molar-refractivity contribution in [1.29, 1.82) is 0 Å². The summed E-state index contributed by atoms with van der Waals surface area (Å²) in [6, 6.07) is 10.9. The van der Waals surface area contributed by atoms with E-state index < -0.39 is 5.60 Å². The van der Waals surface area contributed by atoms with Crippen molar-refractivity contribution in [3.63, 3.8) is 0 Å². The van der Waals surface area contributed by atoms with Crippen molar-refractivity contribution >= 4 is 11.8 Å². The van der Waals surface area contributed by atoms with Gasteiger partial charge < -0.3 is 5.11 Å². The first-order chi connectivity index (χ1) is 13.1. The van der Waals surface area contributed by atoms with Crippen LogP contribution >= 0.6 is 11.8 Å². The second-order valence-corrected chi connectivity index (χ2v) is 12.1. The Bertz CT molecular complexity index is 621. The second kappa shape index (κ2) is 8.72. The van der Waals surface area contributed by atoms with Crippen LogP contribution in [0.2, 0.25) is 0 Å². The van der Waals surface area contributed by atoms with Crippen molar-refractivity contribution in [1.82, 2.24) is 0 Å². The predicted molar refractivity (Wildman–Crippen MR) is 123 cm³/mol. The summed E-state index contributed by atoms with van der Waals surface area (Å²) in [4.78, 5) is 1.40. The third kappa shape index (κ3) is 4.98. The van der Waals surface area contributed by atoms with E-state index >= 15 is 0 Å². The molecule has 0 saturated heterocycles. The van der Waals surface area contributed by atoms with E-state index in [0.29, 0.717) is 10.8 Å². The van der Waals surface area contributed by atoms with Crippen molar-refractivity contribution in [3.8, 4) is 0 Å². The largest absolute Gasteiger partial charge is 0.390 e. The van der Waals surface area contributed by atoms with Crippen LogP contribution in [-0.2, 0) is 0 Å². The first-order valence-corrected chi connectivity index (χ1v) is 12.5. The van der Waals surface area contributed by atoms with Crippen molar-refractivity contribution in [3.05, 3.63) is 30.3 Å². The first-order valence-electron chi connectivity index (χ1n) is 11.5.